The summed E-state index contributed by atoms with van der Waals surface area (Å²) in [4.78, 5) is 0. The Labute approximate surface area is 75.7 Å². The number of aliphatic hydroxyl groups excluding tert-OH is 1. The van der Waals surface area contributed by atoms with Crippen molar-refractivity contribution in [2.75, 3.05) is 19.8 Å². The first-order chi connectivity index (χ1) is 5.54. The van der Waals surface area contributed by atoms with E-state index in [2.05, 4.69) is 0 Å². The number of rotatable bonds is 4. The fraction of sp³-hybridized carbons (Fsp3) is 1.00. The molecule has 0 saturated carbocycles. The molecule has 0 aliphatic rings. The lowest BCUT2D eigenvalue weighted by molar-refractivity contribution is -0.207. The molecular formula is C9H22O3. The fourth-order valence-electron chi connectivity index (χ4n) is 0.737. The predicted octanol–water partition coefficient (Wildman–Crippen LogP) is 1.79. The van der Waals surface area contributed by atoms with E-state index in [0.717, 1.165) is 0 Å². The minimum absolute atomic E-state index is 0.250. The molecule has 0 radical (unpaired) electrons. The maximum absolute atomic E-state index is 7.57. The van der Waals surface area contributed by atoms with Crippen LogP contribution >= 0.6 is 0 Å². The Kier molecular flexibility index (Phi) is 10.8. The van der Waals surface area contributed by atoms with Gasteiger partial charge in [-0.3, -0.25) is 0 Å². The van der Waals surface area contributed by atoms with Crippen molar-refractivity contribution >= 4 is 0 Å². The maximum atomic E-state index is 7.57. The van der Waals surface area contributed by atoms with Gasteiger partial charge in [-0.15, -0.1) is 0 Å². The second-order valence-electron chi connectivity index (χ2n) is 2.58. The van der Waals surface area contributed by atoms with Gasteiger partial charge in [0, 0.05) is 19.8 Å². The largest absolute Gasteiger partial charge is 0.397 e. The summed E-state index contributed by atoms with van der Waals surface area (Å²) in [6.07, 6.45) is 0. The highest BCUT2D eigenvalue weighted by molar-refractivity contribution is 4.50. The van der Waals surface area contributed by atoms with E-state index >= 15 is 0 Å². The van der Waals surface area contributed by atoms with Crippen LogP contribution in [0.4, 0.5) is 0 Å². The van der Waals surface area contributed by atoms with Crippen molar-refractivity contribution in [1.29, 1.82) is 0 Å². The molecule has 0 saturated heterocycles. The van der Waals surface area contributed by atoms with Crippen LogP contribution in [0.1, 0.15) is 34.6 Å². The smallest absolute Gasteiger partial charge is 0.162 e. The van der Waals surface area contributed by atoms with Crippen LogP contribution in [0.3, 0.4) is 0 Å². The molecule has 0 spiro atoms. The molecule has 0 aliphatic heterocycles. The molecule has 1 N–H and O–H groups in total. The normalized spacial score (nSPS) is 10.5. The SMILES string of the molecule is CCO.CCOC(C)(C)OCC. The standard InChI is InChI=1S/C7H16O2.C2H6O/c1-5-8-7(3,4)9-6-2;1-2-3/h5-6H2,1-4H3;3H,2H2,1H3. The summed E-state index contributed by atoms with van der Waals surface area (Å²) in [6.45, 7) is 11.1. The summed E-state index contributed by atoms with van der Waals surface area (Å²) in [5.41, 5.74) is 0. The van der Waals surface area contributed by atoms with Crippen molar-refractivity contribution in [3.8, 4) is 0 Å². The van der Waals surface area contributed by atoms with Crippen molar-refractivity contribution in [3.05, 3.63) is 0 Å². The van der Waals surface area contributed by atoms with E-state index in [9.17, 15) is 0 Å². The number of hydrogen-bond acceptors (Lipinski definition) is 3. The van der Waals surface area contributed by atoms with Gasteiger partial charge in [-0.2, -0.15) is 0 Å². The van der Waals surface area contributed by atoms with Gasteiger partial charge in [0.05, 0.1) is 0 Å². The van der Waals surface area contributed by atoms with Gasteiger partial charge in [0.2, 0.25) is 0 Å². The third kappa shape index (κ3) is 12.5. The van der Waals surface area contributed by atoms with Crippen LogP contribution < -0.4 is 0 Å². The number of hydrogen-bond donors (Lipinski definition) is 1. The first-order valence-electron chi connectivity index (χ1n) is 4.42. The van der Waals surface area contributed by atoms with Crippen molar-refractivity contribution in [2.24, 2.45) is 0 Å². The highest BCUT2D eigenvalue weighted by Gasteiger charge is 2.15. The molecule has 0 unspecified atom stereocenters. The van der Waals surface area contributed by atoms with Crippen LogP contribution in [-0.4, -0.2) is 30.7 Å². The average molecular weight is 178 g/mol. The predicted molar refractivity (Wildman–Crippen MR) is 50.1 cm³/mol. The van der Waals surface area contributed by atoms with Crippen molar-refractivity contribution in [1.82, 2.24) is 0 Å². The Hall–Kier alpha value is -0.120. The molecule has 0 atom stereocenters. The lowest BCUT2D eigenvalue weighted by Crippen LogP contribution is -2.28. The quantitative estimate of drug-likeness (QED) is 0.667. The van der Waals surface area contributed by atoms with Crippen molar-refractivity contribution < 1.29 is 14.6 Å². The van der Waals surface area contributed by atoms with Crippen LogP contribution in [-0.2, 0) is 9.47 Å². The summed E-state index contributed by atoms with van der Waals surface area (Å²) in [6, 6.07) is 0. The summed E-state index contributed by atoms with van der Waals surface area (Å²) in [5, 5.41) is 7.57. The van der Waals surface area contributed by atoms with E-state index in [1.54, 1.807) is 6.92 Å². The van der Waals surface area contributed by atoms with Gasteiger partial charge in [-0.05, 0) is 34.6 Å². The van der Waals surface area contributed by atoms with Crippen LogP contribution in [0.2, 0.25) is 0 Å². The number of ether oxygens (including phenoxy) is 2. The maximum Gasteiger partial charge on any atom is 0.162 e. The van der Waals surface area contributed by atoms with Gasteiger partial charge < -0.3 is 14.6 Å². The van der Waals surface area contributed by atoms with E-state index in [1.807, 2.05) is 27.7 Å². The van der Waals surface area contributed by atoms with Gasteiger partial charge >= 0.3 is 0 Å². The average Bonchev–Trinajstić information content (AvgIpc) is 1.88. The summed E-state index contributed by atoms with van der Waals surface area (Å²) in [5.74, 6) is -0.399. The third-order valence-electron chi connectivity index (χ3n) is 0.984. The topological polar surface area (TPSA) is 38.7 Å². The third-order valence-corrected chi connectivity index (χ3v) is 0.984. The summed E-state index contributed by atoms with van der Waals surface area (Å²) >= 11 is 0. The Morgan fingerprint density at radius 1 is 1.00 bits per heavy atom. The molecule has 0 aromatic heterocycles. The van der Waals surface area contributed by atoms with Crippen molar-refractivity contribution in [3.63, 3.8) is 0 Å². The van der Waals surface area contributed by atoms with Gasteiger partial charge in [0.1, 0.15) is 0 Å². The van der Waals surface area contributed by atoms with E-state index in [1.165, 1.54) is 0 Å². The lowest BCUT2D eigenvalue weighted by Gasteiger charge is -2.23. The Balaban J connectivity index is 0. The minimum atomic E-state index is -0.399. The minimum Gasteiger partial charge on any atom is -0.397 e. The molecule has 3 heteroatoms. The molecular weight excluding hydrogens is 156 g/mol. The van der Waals surface area contributed by atoms with Crippen LogP contribution in [0.5, 0.6) is 0 Å². The zero-order chi connectivity index (χ0) is 10.0. The van der Waals surface area contributed by atoms with Gasteiger partial charge in [0.15, 0.2) is 5.79 Å². The van der Waals surface area contributed by atoms with Gasteiger partial charge in [0.25, 0.3) is 0 Å². The summed E-state index contributed by atoms with van der Waals surface area (Å²) in [7, 11) is 0. The molecule has 0 aromatic rings. The second kappa shape index (κ2) is 8.97. The monoisotopic (exact) mass is 178 g/mol. The Bertz CT molecular complexity index is 73.8. The zero-order valence-electron chi connectivity index (χ0n) is 8.89. The van der Waals surface area contributed by atoms with Crippen LogP contribution in [0.25, 0.3) is 0 Å². The van der Waals surface area contributed by atoms with E-state index in [4.69, 9.17) is 14.6 Å². The molecule has 0 rings (SSSR count). The first kappa shape index (κ1) is 14.4. The molecule has 0 aromatic carbocycles. The number of aliphatic hydroxyl groups is 1. The van der Waals surface area contributed by atoms with Gasteiger partial charge in [-0.1, -0.05) is 0 Å². The lowest BCUT2D eigenvalue weighted by atomic mass is 10.4. The molecule has 76 valence electrons. The summed E-state index contributed by atoms with van der Waals surface area (Å²) < 4.78 is 10.5. The molecule has 0 aliphatic carbocycles. The van der Waals surface area contributed by atoms with Crippen LogP contribution in [0, 0.1) is 0 Å². The van der Waals surface area contributed by atoms with Gasteiger partial charge in [-0.25, -0.2) is 0 Å². The molecule has 0 amide bonds. The first-order valence-corrected chi connectivity index (χ1v) is 4.42. The molecule has 0 bridgehead atoms. The molecule has 0 heterocycles. The highest BCUT2D eigenvalue weighted by atomic mass is 16.7. The fourth-order valence-corrected chi connectivity index (χ4v) is 0.737. The van der Waals surface area contributed by atoms with E-state index in [0.29, 0.717) is 13.2 Å². The van der Waals surface area contributed by atoms with E-state index in [-0.39, 0.29) is 6.61 Å². The van der Waals surface area contributed by atoms with E-state index < -0.39 is 5.79 Å². The zero-order valence-corrected chi connectivity index (χ0v) is 8.89. The Morgan fingerprint density at radius 3 is 1.42 bits per heavy atom. The van der Waals surface area contributed by atoms with Crippen LogP contribution in [0.15, 0.2) is 0 Å². The highest BCUT2D eigenvalue weighted by Crippen LogP contribution is 2.09. The molecule has 12 heavy (non-hydrogen) atoms. The molecule has 0 fully saturated rings. The Morgan fingerprint density at radius 2 is 1.25 bits per heavy atom. The van der Waals surface area contributed by atoms with Crippen molar-refractivity contribution in [2.45, 2.75) is 40.4 Å². The molecule has 3 nitrogen and oxygen atoms in total. The second-order valence-corrected chi connectivity index (χ2v) is 2.58.